The van der Waals surface area contributed by atoms with Crippen LogP contribution in [0.3, 0.4) is 0 Å². The van der Waals surface area contributed by atoms with Gasteiger partial charge in [-0.15, -0.1) is 0 Å². The third kappa shape index (κ3) is 3.43. The molecule has 1 rings (SSSR count). The predicted octanol–water partition coefficient (Wildman–Crippen LogP) is 1.36. The van der Waals surface area contributed by atoms with Gasteiger partial charge in [-0.05, 0) is 20.8 Å². The van der Waals surface area contributed by atoms with Crippen LogP contribution in [0.25, 0.3) is 0 Å². The molecule has 0 aromatic carbocycles. The fourth-order valence-corrected chi connectivity index (χ4v) is 1.18. The molecule has 4 nitrogen and oxygen atoms in total. The summed E-state index contributed by atoms with van der Waals surface area (Å²) < 4.78 is 15.1. The van der Waals surface area contributed by atoms with Gasteiger partial charge in [0.2, 0.25) is 0 Å². The molecule has 14 heavy (non-hydrogen) atoms. The van der Waals surface area contributed by atoms with Gasteiger partial charge in [-0.1, -0.05) is 4.40 Å². The van der Waals surface area contributed by atoms with E-state index in [1.54, 1.807) is 12.4 Å². The van der Waals surface area contributed by atoms with E-state index in [0.717, 1.165) is 5.56 Å². The Hall–Kier alpha value is -0.940. The van der Waals surface area contributed by atoms with Gasteiger partial charge in [0.1, 0.15) is 22.4 Å². The SMILES string of the molecule is CC(C)(C)[S@+]([O-])N=Cc1cncnc1. The molecule has 0 bridgehead atoms. The van der Waals surface area contributed by atoms with Crippen molar-refractivity contribution in [2.45, 2.75) is 25.5 Å². The molecule has 1 aromatic heterocycles. The molecular weight excluding hydrogens is 198 g/mol. The smallest absolute Gasteiger partial charge is 0.144 e. The van der Waals surface area contributed by atoms with Crippen LogP contribution in [0, 0.1) is 0 Å². The number of rotatable bonds is 2. The lowest BCUT2D eigenvalue weighted by Gasteiger charge is -2.17. The van der Waals surface area contributed by atoms with E-state index in [0.29, 0.717) is 0 Å². The minimum atomic E-state index is -1.22. The number of hydrogen-bond donors (Lipinski definition) is 0. The average molecular weight is 211 g/mol. The molecule has 0 aliphatic rings. The molecule has 0 radical (unpaired) electrons. The number of aromatic nitrogens is 2. The lowest BCUT2D eigenvalue weighted by Crippen LogP contribution is -2.25. The van der Waals surface area contributed by atoms with Crippen LogP contribution in [0.1, 0.15) is 26.3 Å². The summed E-state index contributed by atoms with van der Waals surface area (Å²) in [6, 6.07) is 0. The summed E-state index contributed by atoms with van der Waals surface area (Å²) in [6.07, 6.45) is 6.21. The maximum atomic E-state index is 11.5. The lowest BCUT2D eigenvalue weighted by molar-refractivity contribution is 0.562. The van der Waals surface area contributed by atoms with E-state index in [1.165, 1.54) is 12.5 Å². The monoisotopic (exact) mass is 211 g/mol. The molecule has 0 spiro atoms. The van der Waals surface area contributed by atoms with E-state index in [1.807, 2.05) is 20.8 Å². The van der Waals surface area contributed by atoms with Crippen molar-refractivity contribution < 1.29 is 4.55 Å². The fraction of sp³-hybridized carbons (Fsp3) is 0.444. The second-order valence-corrected chi connectivity index (χ2v) is 5.70. The van der Waals surface area contributed by atoms with Crippen molar-refractivity contribution in [2.75, 3.05) is 0 Å². The van der Waals surface area contributed by atoms with Crippen molar-refractivity contribution in [2.24, 2.45) is 4.40 Å². The van der Waals surface area contributed by atoms with Crippen LogP contribution < -0.4 is 0 Å². The first-order valence-corrected chi connectivity index (χ1v) is 5.32. The maximum absolute atomic E-state index is 11.5. The van der Waals surface area contributed by atoms with Crippen molar-refractivity contribution in [3.05, 3.63) is 24.3 Å². The minimum absolute atomic E-state index is 0.327. The summed E-state index contributed by atoms with van der Waals surface area (Å²) in [5, 5.41) is 0. The predicted molar refractivity (Wildman–Crippen MR) is 57.5 cm³/mol. The molecular formula is C9H13N3OS. The van der Waals surface area contributed by atoms with Crippen LogP contribution in [-0.2, 0) is 11.4 Å². The fourth-order valence-electron chi connectivity index (χ4n) is 0.644. The van der Waals surface area contributed by atoms with Gasteiger partial charge in [0, 0.05) is 18.0 Å². The summed E-state index contributed by atoms with van der Waals surface area (Å²) >= 11 is -1.22. The molecule has 0 fully saturated rings. The normalized spacial score (nSPS) is 14.6. The molecule has 1 heterocycles. The quantitative estimate of drug-likeness (QED) is 0.548. The third-order valence-electron chi connectivity index (χ3n) is 1.40. The van der Waals surface area contributed by atoms with Gasteiger partial charge in [0.05, 0.1) is 6.21 Å². The lowest BCUT2D eigenvalue weighted by atomic mass is 10.3. The van der Waals surface area contributed by atoms with Crippen LogP contribution in [0.15, 0.2) is 23.1 Å². The first kappa shape index (κ1) is 11.1. The zero-order chi connectivity index (χ0) is 10.6. The van der Waals surface area contributed by atoms with Crippen molar-refractivity contribution in [3.8, 4) is 0 Å². The summed E-state index contributed by atoms with van der Waals surface area (Å²) in [5.74, 6) is 0. The van der Waals surface area contributed by atoms with Crippen LogP contribution in [0.5, 0.6) is 0 Å². The number of nitrogens with zero attached hydrogens (tertiary/aromatic N) is 3. The van der Waals surface area contributed by atoms with E-state index in [-0.39, 0.29) is 4.75 Å². The van der Waals surface area contributed by atoms with Crippen LogP contribution in [-0.4, -0.2) is 25.5 Å². The highest BCUT2D eigenvalue weighted by atomic mass is 32.2. The molecule has 0 N–H and O–H groups in total. The molecule has 0 amide bonds. The molecule has 0 unspecified atom stereocenters. The Morgan fingerprint density at radius 2 is 1.93 bits per heavy atom. The Balaban J connectivity index is 2.66. The average Bonchev–Trinajstić information content (AvgIpc) is 2.14. The topological polar surface area (TPSA) is 61.2 Å². The Morgan fingerprint density at radius 3 is 2.43 bits per heavy atom. The third-order valence-corrected chi connectivity index (χ3v) is 2.75. The largest absolute Gasteiger partial charge is 0.591 e. The van der Waals surface area contributed by atoms with Gasteiger partial charge < -0.3 is 4.55 Å². The molecule has 5 heteroatoms. The maximum Gasteiger partial charge on any atom is 0.144 e. The summed E-state index contributed by atoms with van der Waals surface area (Å²) in [7, 11) is 0. The van der Waals surface area contributed by atoms with Gasteiger partial charge in [0.15, 0.2) is 0 Å². The standard InChI is InChI=1S/C9H13N3OS/c1-9(2,3)14(13)12-6-8-4-10-7-11-5-8/h4-7H,1-3H3/t14-/m0/s1. The van der Waals surface area contributed by atoms with Crippen LogP contribution in [0.4, 0.5) is 0 Å². The summed E-state index contributed by atoms with van der Waals surface area (Å²) in [5.41, 5.74) is 0.755. The molecule has 76 valence electrons. The Labute approximate surface area is 86.8 Å². The van der Waals surface area contributed by atoms with Crippen molar-refractivity contribution >= 4 is 17.6 Å². The minimum Gasteiger partial charge on any atom is -0.591 e. The Bertz CT molecular complexity index is 308. The van der Waals surface area contributed by atoms with Gasteiger partial charge in [0.25, 0.3) is 0 Å². The highest BCUT2D eigenvalue weighted by Crippen LogP contribution is 2.16. The first-order valence-electron chi connectivity index (χ1n) is 4.21. The second-order valence-electron chi connectivity index (χ2n) is 3.77. The molecule has 0 saturated carbocycles. The highest BCUT2D eigenvalue weighted by Gasteiger charge is 2.25. The first-order chi connectivity index (χ1) is 6.50. The second kappa shape index (κ2) is 4.52. The van der Waals surface area contributed by atoms with Gasteiger partial charge in [-0.2, -0.15) is 0 Å². The molecule has 1 aromatic rings. The zero-order valence-electron chi connectivity index (χ0n) is 8.47. The van der Waals surface area contributed by atoms with E-state index in [9.17, 15) is 4.55 Å². The van der Waals surface area contributed by atoms with E-state index in [4.69, 9.17) is 0 Å². The zero-order valence-corrected chi connectivity index (χ0v) is 9.28. The summed E-state index contributed by atoms with van der Waals surface area (Å²) in [4.78, 5) is 7.65. The summed E-state index contributed by atoms with van der Waals surface area (Å²) in [6.45, 7) is 5.63. The molecule has 0 aliphatic carbocycles. The van der Waals surface area contributed by atoms with Gasteiger partial charge in [-0.3, -0.25) is 0 Å². The number of hydrogen-bond acceptors (Lipinski definition) is 4. The molecule has 0 saturated heterocycles. The van der Waals surface area contributed by atoms with E-state index < -0.39 is 11.4 Å². The molecule has 1 atom stereocenters. The van der Waals surface area contributed by atoms with Crippen molar-refractivity contribution in [3.63, 3.8) is 0 Å². The van der Waals surface area contributed by atoms with E-state index in [2.05, 4.69) is 14.4 Å². The van der Waals surface area contributed by atoms with Gasteiger partial charge >= 0.3 is 0 Å². The van der Waals surface area contributed by atoms with Crippen molar-refractivity contribution in [1.29, 1.82) is 0 Å². The van der Waals surface area contributed by atoms with Gasteiger partial charge in [-0.25, -0.2) is 9.97 Å². The van der Waals surface area contributed by atoms with E-state index >= 15 is 0 Å². The van der Waals surface area contributed by atoms with Crippen LogP contribution >= 0.6 is 0 Å². The Kier molecular flexibility index (Phi) is 3.60. The van der Waals surface area contributed by atoms with Crippen LogP contribution in [0.2, 0.25) is 0 Å². The van der Waals surface area contributed by atoms with Crippen molar-refractivity contribution in [1.82, 2.24) is 9.97 Å². The Morgan fingerprint density at radius 1 is 1.36 bits per heavy atom. The molecule has 0 aliphatic heterocycles. The highest BCUT2D eigenvalue weighted by molar-refractivity contribution is 7.91.